The number of aliphatic carboxylic acids is 1. The molecule has 2 aliphatic rings. The van der Waals surface area contributed by atoms with Crippen molar-refractivity contribution in [2.24, 2.45) is 17.3 Å². The Kier molecular flexibility index (Phi) is 5.83. The van der Waals surface area contributed by atoms with Crippen LogP contribution in [-0.2, 0) is 14.4 Å². The van der Waals surface area contributed by atoms with Crippen LogP contribution in [0.3, 0.4) is 0 Å². The maximum absolute atomic E-state index is 12.3. The van der Waals surface area contributed by atoms with E-state index in [-0.39, 0.29) is 41.3 Å². The molecule has 2 rings (SSSR count). The van der Waals surface area contributed by atoms with Crippen LogP contribution in [0.2, 0.25) is 0 Å². The lowest BCUT2D eigenvalue weighted by atomic mass is 9.62. The molecule has 0 aromatic heterocycles. The number of Topliss-reactive ketones (excluding diaryl/α,β-unsaturated/α-hetero) is 2. The van der Waals surface area contributed by atoms with Gasteiger partial charge in [0.25, 0.3) is 0 Å². The van der Waals surface area contributed by atoms with Gasteiger partial charge in [0.2, 0.25) is 5.76 Å². The molecule has 2 fully saturated rings. The third-order valence-electron chi connectivity index (χ3n) is 6.00. The number of allylic oxidation sites excluding steroid dienone is 3. The van der Waals surface area contributed by atoms with Gasteiger partial charge in [-0.1, -0.05) is 13.0 Å². The first kappa shape index (κ1) is 19.4. The molecule has 0 saturated heterocycles. The Balaban J connectivity index is 2.01. The van der Waals surface area contributed by atoms with Gasteiger partial charge in [-0.3, -0.25) is 9.59 Å². The number of hydrogen-bond donors (Lipinski definition) is 3. The largest absolute Gasteiger partial charge is 0.502 e. The normalized spacial score (nSPS) is 33.2. The van der Waals surface area contributed by atoms with E-state index in [4.69, 9.17) is 10.2 Å². The summed E-state index contributed by atoms with van der Waals surface area (Å²) in [5.41, 5.74) is 0.105. The van der Waals surface area contributed by atoms with E-state index in [1.165, 1.54) is 6.08 Å². The quantitative estimate of drug-likeness (QED) is 0.386. The highest BCUT2D eigenvalue weighted by Gasteiger charge is 2.53. The molecule has 6 heteroatoms. The third kappa shape index (κ3) is 4.00. The molecule has 0 radical (unpaired) electrons. The number of carbonyl (C=O) groups is 3. The zero-order valence-corrected chi connectivity index (χ0v) is 14.7. The lowest BCUT2D eigenvalue weighted by molar-refractivity contribution is -0.135. The summed E-state index contributed by atoms with van der Waals surface area (Å²) >= 11 is 0. The lowest BCUT2D eigenvalue weighted by Crippen LogP contribution is -2.43. The summed E-state index contributed by atoms with van der Waals surface area (Å²) in [7, 11) is 0. The van der Waals surface area contributed by atoms with E-state index in [1.54, 1.807) is 6.92 Å². The molecule has 0 unspecified atom stereocenters. The summed E-state index contributed by atoms with van der Waals surface area (Å²) < 4.78 is 0. The van der Waals surface area contributed by atoms with Crippen molar-refractivity contribution in [1.82, 2.24) is 0 Å². The number of rotatable bonds is 6. The first-order valence-corrected chi connectivity index (χ1v) is 8.71. The smallest absolute Gasteiger partial charge is 0.370 e. The Morgan fingerprint density at radius 2 is 1.92 bits per heavy atom. The molecule has 6 nitrogen and oxygen atoms in total. The second-order valence-electron chi connectivity index (χ2n) is 7.45. The van der Waals surface area contributed by atoms with Crippen molar-refractivity contribution in [3.8, 4) is 0 Å². The molecule has 2 saturated carbocycles. The highest BCUT2D eigenvalue weighted by atomic mass is 16.4. The van der Waals surface area contributed by atoms with Crippen LogP contribution >= 0.6 is 0 Å². The number of aliphatic hydroxyl groups is 2. The minimum atomic E-state index is -1.46. The third-order valence-corrected chi connectivity index (χ3v) is 6.00. The molecule has 0 heterocycles. The number of hydrogen-bond acceptors (Lipinski definition) is 5. The Morgan fingerprint density at radius 1 is 1.24 bits per heavy atom. The van der Waals surface area contributed by atoms with Crippen molar-refractivity contribution in [2.45, 2.75) is 58.5 Å². The van der Waals surface area contributed by atoms with Gasteiger partial charge in [-0.15, -0.1) is 0 Å². The molecule has 3 N–H and O–H groups in total. The van der Waals surface area contributed by atoms with Gasteiger partial charge in [0.05, 0.1) is 6.10 Å². The Labute approximate surface area is 147 Å². The molecular formula is C19H26O6. The molecule has 0 aromatic carbocycles. The van der Waals surface area contributed by atoms with E-state index < -0.39 is 11.7 Å². The summed E-state index contributed by atoms with van der Waals surface area (Å²) in [5.74, 6) is -2.36. The summed E-state index contributed by atoms with van der Waals surface area (Å²) in [4.78, 5) is 35.1. The molecule has 0 aliphatic heterocycles. The van der Waals surface area contributed by atoms with Crippen molar-refractivity contribution in [2.75, 3.05) is 0 Å². The monoisotopic (exact) mass is 350 g/mol. The van der Waals surface area contributed by atoms with E-state index in [1.807, 2.05) is 6.92 Å². The van der Waals surface area contributed by atoms with Crippen molar-refractivity contribution in [3.05, 3.63) is 23.5 Å². The van der Waals surface area contributed by atoms with E-state index in [9.17, 15) is 19.5 Å². The van der Waals surface area contributed by atoms with Crippen LogP contribution in [0.1, 0.15) is 52.4 Å². The van der Waals surface area contributed by atoms with E-state index in [2.05, 4.69) is 0 Å². The molecule has 2 aliphatic carbocycles. The predicted octanol–water partition coefficient (Wildman–Crippen LogP) is 2.56. The summed E-state index contributed by atoms with van der Waals surface area (Å²) in [6, 6.07) is 0. The van der Waals surface area contributed by atoms with Gasteiger partial charge in [-0.25, -0.2) is 4.79 Å². The van der Waals surface area contributed by atoms with Crippen molar-refractivity contribution < 1.29 is 29.7 Å². The lowest BCUT2D eigenvalue weighted by Gasteiger charge is -2.42. The standard InChI is InChI=1S/C19H26O6/c1-11(3-6-16(22)18(24)25)14(20)7-4-12-13-5-8-17(23)19(13,2)10-9-15(12)21/h3,6,12-13,17,22-23H,4-5,7-10H2,1-2H3,(H,24,25)/b11-3-,16-6+/t12-,13-,17-,19-/m0/s1. The van der Waals surface area contributed by atoms with Gasteiger partial charge in [-0.05, 0) is 55.6 Å². The highest BCUT2D eigenvalue weighted by Crippen LogP contribution is 2.54. The number of fused-ring (bicyclic) bond motifs is 1. The Bertz CT molecular complexity index is 632. The van der Waals surface area contributed by atoms with Crippen LogP contribution in [0.4, 0.5) is 0 Å². The van der Waals surface area contributed by atoms with E-state index in [0.29, 0.717) is 31.3 Å². The second kappa shape index (κ2) is 7.52. The summed E-state index contributed by atoms with van der Waals surface area (Å²) in [6.07, 6.45) is 5.20. The molecule has 0 spiro atoms. The molecule has 0 amide bonds. The van der Waals surface area contributed by atoms with E-state index >= 15 is 0 Å². The molecule has 4 atom stereocenters. The van der Waals surface area contributed by atoms with Crippen LogP contribution in [-0.4, -0.2) is 39.0 Å². The van der Waals surface area contributed by atoms with Crippen molar-refractivity contribution >= 4 is 17.5 Å². The topological polar surface area (TPSA) is 112 Å². The number of aliphatic hydroxyl groups excluding tert-OH is 2. The average Bonchev–Trinajstić information content (AvgIpc) is 2.87. The first-order valence-electron chi connectivity index (χ1n) is 8.71. The zero-order chi connectivity index (χ0) is 18.8. The van der Waals surface area contributed by atoms with Gasteiger partial charge in [0, 0.05) is 18.8 Å². The fourth-order valence-electron chi connectivity index (χ4n) is 4.27. The van der Waals surface area contributed by atoms with Crippen LogP contribution < -0.4 is 0 Å². The van der Waals surface area contributed by atoms with Crippen LogP contribution in [0.15, 0.2) is 23.5 Å². The average molecular weight is 350 g/mol. The number of carbonyl (C=O) groups excluding carboxylic acids is 2. The fraction of sp³-hybridized carbons (Fsp3) is 0.632. The van der Waals surface area contributed by atoms with Gasteiger partial charge in [-0.2, -0.15) is 0 Å². The van der Waals surface area contributed by atoms with Gasteiger partial charge in [0.15, 0.2) is 5.78 Å². The van der Waals surface area contributed by atoms with Crippen LogP contribution in [0.5, 0.6) is 0 Å². The van der Waals surface area contributed by atoms with Crippen LogP contribution in [0.25, 0.3) is 0 Å². The highest BCUT2D eigenvalue weighted by molar-refractivity contribution is 5.95. The summed E-state index contributed by atoms with van der Waals surface area (Å²) in [5, 5.41) is 28.0. The molecule has 0 aromatic rings. The number of ketones is 2. The minimum absolute atomic E-state index is 0.122. The maximum atomic E-state index is 12.3. The minimum Gasteiger partial charge on any atom is -0.502 e. The Hall–Kier alpha value is -1.95. The van der Waals surface area contributed by atoms with Crippen molar-refractivity contribution in [1.29, 1.82) is 0 Å². The number of carboxylic acid groups (broad SMARTS) is 1. The van der Waals surface area contributed by atoms with Gasteiger partial charge in [0.1, 0.15) is 5.78 Å². The molecule has 25 heavy (non-hydrogen) atoms. The first-order chi connectivity index (χ1) is 11.7. The number of carboxylic acids is 1. The summed E-state index contributed by atoms with van der Waals surface area (Å²) in [6.45, 7) is 3.60. The Morgan fingerprint density at radius 3 is 2.56 bits per heavy atom. The predicted molar refractivity (Wildman–Crippen MR) is 90.9 cm³/mol. The maximum Gasteiger partial charge on any atom is 0.370 e. The van der Waals surface area contributed by atoms with Crippen LogP contribution in [0, 0.1) is 17.3 Å². The second-order valence-corrected chi connectivity index (χ2v) is 7.45. The molecule has 0 bridgehead atoms. The SMILES string of the molecule is C/C(=C/C=C(/O)C(=O)O)C(=O)CC[C@@H]1C(=O)CC[C@]2(C)[C@@H](O)CC[C@@H]12. The van der Waals surface area contributed by atoms with E-state index in [0.717, 1.165) is 12.5 Å². The molecular weight excluding hydrogens is 324 g/mol. The van der Waals surface area contributed by atoms with Crippen molar-refractivity contribution in [3.63, 3.8) is 0 Å². The zero-order valence-electron chi connectivity index (χ0n) is 14.7. The van der Waals surface area contributed by atoms with Gasteiger partial charge >= 0.3 is 5.97 Å². The fourth-order valence-corrected chi connectivity index (χ4v) is 4.27. The van der Waals surface area contributed by atoms with Gasteiger partial charge < -0.3 is 15.3 Å². The molecule has 138 valence electrons.